The number of nitrogens with zero attached hydrogens (tertiary/aromatic N) is 2. The minimum absolute atomic E-state index is 0.0184. The summed E-state index contributed by atoms with van der Waals surface area (Å²) >= 11 is 0. The molecule has 1 amide bonds. The van der Waals surface area contributed by atoms with Crippen LogP contribution in [0, 0.1) is 5.92 Å². The Bertz CT molecular complexity index is 730. The first-order chi connectivity index (χ1) is 12.1. The van der Waals surface area contributed by atoms with Crippen LogP contribution in [0.2, 0.25) is 0 Å². The minimum Gasteiger partial charge on any atom is -0.497 e. The molecule has 0 radical (unpaired) electrons. The van der Waals surface area contributed by atoms with Gasteiger partial charge in [-0.15, -0.1) is 0 Å². The van der Waals surface area contributed by atoms with Crippen molar-refractivity contribution in [1.29, 1.82) is 0 Å². The van der Waals surface area contributed by atoms with Crippen molar-refractivity contribution < 1.29 is 9.53 Å². The third-order valence-corrected chi connectivity index (χ3v) is 5.03. The number of amides is 1. The van der Waals surface area contributed by atoms with Crippen molar-refractivity contribution in [2.45, 2.75) is 25.8 Å². The molecule has 2 heterocycles. The first-order valence-electron chi connectivity index (χ1n) is 8.74. The van der Waals surface area contributed by atoms with Crippen LogP contribution in [-0.2, 0) is 0 Å². The number of benzene rings is 1. The molecular weight excluding hydrogens is 314 g/mol. The monoisotopic (exact) mass is 339 g/mol. The third kappa shape index (κ3) is 3.66. The van der Waals surface area contributed by atoms with Crippen LogP contribution in [0.4, 0.5) is 0 Å². The van der Waals surface area contributed by atoms with Gasteiger partial charge in [-0.2, -0.15) is 0 Å². The second kappa shape index (κ2) is 7.66. The van der Waals surface area contributed by atoms with E-state index in [9.17, 15) is 4.79 Å². The first-order valence-corrected chi connectivity index (χ1v) is 8.74. The highest BCUT2D eigenvalue weighted by Crippen LogP contribution is 2.26. The fourth-order valence-electron chi connectivity index (χ4n) is 3.52. The second-order valence-electron chi connectivity index (χ2n) is 6.61. The molecule has 1 fully saturated rings. The van der Waals surface area contributed by atoms with Gasteiger partial charge >= 0.3 is 0 Å². The molecule has 3 rings (SSSR count). The average Bonchev–Trinajstić information content (AvgIpc) is 2.67. The quantitative estimate of drug-likeness (QED) is 0.930. The molecule has 1 aliphatic rings. The number of carbonyl (C=O) groups excluding carboxylic acids is 1. The van der Waals surface area contributed by atoms with Gasteiger partial charge in [0.15, 0.2) is 0 Å². The Morgan fingerprint density at radius 2 is 2.04 bits per heavy atom. The summed E-state index contributed by atoms with van der Waals surface area (Å²) in [6, 6.07) is 9.75. The highest BCUT2D eigenvalue weighted by Gasteiger charge is 2.31. The number of hydrogen-bond donors (Lipinski definition) is 1. The predicted octanol–water partition coefficient (Wildman–Crippen LogP) is 2.96. The number of piperidine rings is 1. The maximum absolute atomic E-state index is 13.0. The molecule has 0 aliphatic carbocycles. The Morgan fingerprint density at radius 3 is 2.72 bits per heavy atom. The summed E-state index contributed by atoms with van der Waals surface area (Å²) in [5.41, 5.74) is 8.46. The molecule has 0 spiro atoms. The highest BCUT2D eigenvalue weighted by atomic mass is 16.5. The molecule has 132 valence electrons. The van der Waals surface area contributed by atoms with Crippen LogP contribution in [0.15, 0.2) is 42.7 Å². The number of methoxy groups -OCH3 is 1. The van der Waals surface area contributed by atoms with Crippen LogP contribution in [0.1, 0.15) is 30.1 Å². The van der Waals surface area contributed by atoms with E-state index in [2.05, 4.69) is 11.9 Å². The number of pyridine rings is 1. The predicted molar refractivity (Wildman–Crippen MR) is 98.5 cm³/mol. The molecular formula is C20H25N3O2. The third-order valence-electron chi connectivity index (χ3n) is 5.03. The van der Waals surface area contributed by atoms with E-state index < -0.39 is 0 Å². The molecule has 25 heavy (non-hydrogen) atoms. The van der Waals surface area contributed by atoms with E-state index in [1.54, 1.807) is 19.5 Å². The van der Waals surface area contributed by atoms with E-state index in [4.69, 9.17) is 10.5 Å². The smallest absolute Gasteiger partial charge is 0.255 e. The lowest BCUT2D eigenvalue weighted by Crippen LogP contribution is -2.51. The second-order valence-corrected chi connectivity index (χ2v) is 6.61. The number of nitrogens with two attached hydrogens (primary N) is 1. The van der Waals surface area contributed by atoms with Gasteiger partial charge in [0.2, 0.25) is 0 Å². The zero-order valence-corrected chi connectivity index (χ0v) is 14.8. The largest absolute Gasteiger partial charge is 0.497 e. The van der Waals surface area contributed by atoms with Gasteiger partial charge in [-0.3, -0.25) is 9.78 Å². The number of carbonyl (C=O) groups is 1. The highest BCUT2D eigenvalue weighted by molar-refractivity contribution is 5.95. The average molecular weight is 339 g/mol. The Hall–Kier alpha value is -2.40. The zero-order chi connectivity index (χ0) is 17.8. The van der Waals surface area contributed by atoms with Gasteiger partial charge in [0.25, 0.3) is 5.91 Å². The van der Waals surface area contributed by atoms with Crippen LogP contribution >= 0.6 is 0 Å². The summed E-state index contributed by atoms with van der Waals surface area (Å²) < 4.78 is 5.19. The molecule has 2 atom stereocenters. The van der Waals surface area contributed by atoms with E-state index in [-0.39, 0.29) is 11.9 Å². The topological polar surface area (TPSA) is 68.5 Å². The molecule has 0 unspecified atom stereocenters. The number of aromatic nitrogens is 1. The van der Waals surface area contributed by atoms with Crippen molar-refractivity contribution in [3.05, 3.63) is 48.3 Å². The molecule has 2 aromatic rings. The van der Waals surface area contributed by atoms with Crippen molar-refractivity contribution in [3.8, 4) is 16.9 Å². The van der Waals surface area contributed by atoms with E-state index in [0.29, 0.717) is 18.0 Å². The SMILES string of the molecule is COc1ccc(-c2cncc(C(=O)N3CCC[C@H](C)[C@@H]3CN)c2)cc1. The van der Waals surface area contributed by atoms with Gasteiger partial charge < -0.3 is 15.4 Å². The van der Waals surface area contributed by atoms with Gasteiger partial charge in [-0.1, -0.05) is 19.1 Å². The summed E-state index contributed by atoms with van der Waals surface area (Å²) in [5, 5.41) is 0. The van der Waals surface area contributed by atoms with Gasteiger partial charge in [0.05, 0.1) is 12.7 Å². The summed E-state index contributed by atoms with van der Waals surface area (Å²) in [4.78, 5) is 19.2. The first kappa shape index (κ1) is 17.4. The van der Waals surface area contributed by atoms with Crippen LogP contribution in [0.25, 0.3) is 11.1 Å². The van der Waals surface area contributed by atoms with Crippen molar-refractivity contribution in [1.82, 2.24) is 9.88 Å². The number of hydrogen-bond acceptors (Lipinski definition) is 4. The van der Waals surface area contributed by atoms with E-state index in [1.165, 1.54) is 0 Å². The fraction of sp³-hybridized carbons (Fsp3) is 0.400. The molecule has 1 aromatic carbocycles. The number of rotatable bonds is 4. The summed E-state index contributed by atoms with van der Waals surface area (Å²) in [6.45, 7) is 3.43. The van der Waals surface area contributed by atoms with Crippen LogP contribution in [0.5, 0.6) is 5.75 Å². The van der Waals surface area contributed by atoms with Crippen molar-refractivity contribution in [2.75, 3.05) is 20.2 Å². The lowest BCUT2D eigenvalue weighted by molar-refractivity contribution is 0.0532. The van der Waals surface area contributed by atoms with E-state index in [0.717, 1.165) is 36.3 Å². The Kier molecular flexibility index (Phi) is 5.34. The van der Waals surface area contributed by atoms with Gasteiger partial charge in [-0.05, 0) is 42.5 Å². The van der Waals surface area contributed by atoms with Gasteiger partial charge in [-0.25, -0.2) is 0 Å². The van der Waals surface area contributed by atoms with Gasteiger partial charge in [0.1, 0.15) is 5.75 Å². The molecule has 2 N–H and O–H groups in total. The van der Waals surface area contributed by atoms with Crippen LogP contribution < -0.4 is 10.5 Å². The normalized spacial score (nSPS) is 20.4. The molecule has 1 aliphatic heterocycles. The minimum atomic E-state index is 0.0184. The fourth-order valence-corrected chi connectivity index (χ4v) is 3.52. The zero-order valence-electron chi connectivity index (χ0n) is 14.8. The Labute approximate surface area is 148 Å². The van der Waals surface area contributed by atoms with Crippen molar-refractivity contribution >= 4 is 5.91 Å². The van der Waals surface area contributed by atoms with Gasteiger partial charge in [0, 0.05) is 37.1 Å². The van der Waals surface area contributed by atoms with E-state index >= 15 is 0 Å². The molecule has 5 heteroatoms. The van der Waals surface area contributed by atoms with Crippen molar-refractivity contribution in [2.24, 2.45) is 11.7 Å². The summed E-state index contributed by atoms with van der Waals surface area (Å²) in [6.07, 6.45) is 5.56. The summed E-state index contributed by atoms with van der Waals surface area (Å²) in [7, 11) is 1.64. The van der Waals surface area contributed by atoms with Crippen molar-refractivity contribution in [3.63, 3.8) is 0 Å². The van der Waals surface area contributed by atoms with Crippen LogP contribution in [-0.4, -0.2) is 42.0 Å². The maximum atomic E-state index is 13.0. The van der Waals surface area contributed by atoms with E-state index in [1.807, 2.05) is 35.2 Å². The van der Waals surface area contributed by atoms with Crippen LogP contribution in [0.3, 0.4) is 0 Å². The lowest BCUT2D eigenvalue weighted by atomic mass is 9.90. The molecule has 1 aromatic heterocycles. The lowest BCUT2D eigenvalue weighted by Gasteiger charge is -2.39. The number of ether oxygens (including phenoxy) is 1. The molecule has 0 saturated carbocycles. The standard InChI is InChI=1S/C20H25N3O2/c1-14-4-3-9-23(19(14)11-21)20(24)17-10-16(12-22-13-17)15-5-7-18(25-2)8-6-15/h5-8,10,12-14,19H,3-4,9,11,21H2,1-2H3/t14-,19-/m0/s1. The Morgan fingerprint density at radius 1 is 1.28 bits per heavy atom. The molecule has 0 bridgehead atoms. The summed E-state index contributed by atoms with van der Waals surface area (Å²) in [5.74, 6) is 1.25. The maximum Gasteiger partial charge on any atom is 0.255 e. The Balaban J connectivity index is 1.86. The number of likely N-dealkylation sites (tertiary alicyclic amines) is 1. The molecule has 1 saturated heterocycles. The molecule has 5 nitrogen and oxygen atoms in total.